The zero-order valence-electron chi connectivity index (χ0n) is 14.7. The summed E-state index contributed by atoms with van der Waals surface area (Å²) in [7, 11) is 0. The third-order valence-corrected chi connectivity index (χ3v) is 4.61. The molecular weight excluding hydrogens is 310 g/mol. The maximum atomic E-state index is 12.8. The average Bonchev–Trinajstić information content (AvgIpc) is 2.68. The molecule has 1 N–H and O–H groups in total. The first-order valence-corrected chi connectivity index (χ1v) is 9.21. The van der Waals surface area contributed by atoms with Crippen molar-refractivity contribution >= 4 is 17.3 Å². The number of benzene rings is 2. The lowest BCUT2D eigenvalue weighted by molar-refractivity contribution is -0.117. The molecule has 132 valence electrons. The first-order chi connectivity index (χ1) is 12.3. The van der Waals surface area contributed by atoms with E-state index >= 15 is 0 Å². The highest BCUT2D eigenvalue weighted by atomic mass is 16.2. The maximum absolute atomic E-state index is 12.8. The number of rotatable bonds is 7. The minimum Gasteiger partial charge on any atom is -0.307 e. The molecule has 1 fully saturated rings. The van der Waals surface area contributed by atoms with Gasteiger partial charge in [0.05, 0.1) is 6.54 Å². The molecule has 2 aromatic carbocycles. The Kier molecular flexibility index (Phi) is 6.60. The van der Waals surface area contributed by atoms with Crippen molar-refractivity contribution in [3.63, 3.8) is 0 Å². The Bertz CT molecular complexity index is 599. The molecule has 3 rings (SSSR count). The van der Waals surface area contributed by atoms with Gasteiger partial charge in [0.1, 0.15) is 0 Å². The number of likely N-dealkylation sites (tertiary alicyclic amines) is 1. The van der Waals surface area contributed by atoms with Crippen molar-refractivity contribution in [1.29, 1.82) is 0 Å². The van der Waals surface area contributed by atoms with Gasteiger partial charge in [0.2, 0.25) is 5.91 Å². The van der Waals surface area contributed by atoms with Gasteiger partial charge < -0.3 is 10.2 Å². The summed E-state index contributed by atoms with van der Waals surface area (Å²) in [5.41, 5.74) is 1.80. The molecule has 0 radical (unpaired) electrons. The number of piperidine rings is 1. The number of anilines is 2. The van der Waals surface area contributed by atoms with E-state index in [1.165, 1.54) is 32.4 Å². The molecule has 1 amide bonds. The van der Waals surface area contributed by atoms with Crippen molar-refractivity contribution in [2.75, 3.05) is 37.6 Å². The molecule has 0 saturated carbocycles. The number of hydrogen-bond acceptors (Lipinski definition) is 3. The van der Waals surface area contributed by atoms with Crippen LogP contribution in [-0.2, 0) is 4.79 Å². The molecule has 1 aliphatic heterocycles. The Morgan fingerprint density at radius 3 is 2.00 bits per heavy atom. The number of nitrogens with zero attached hydrogens (tertiary/aromatic N) is 2. The molecule has 0 aromatic heterocycles. The van der Waals surface area contributed by atoms with Gasteiger partial charge in [-0.1, -0.05) is 42.8 Å². The van der Waals surface area contributed by atoms with Crippen LogP contribution < -0.4 is 10.2 Å². The average molecular weight is 337 g/mol. The summed E-state index contributed by atoms with van der Waals surface area (Å²) < 4.78 is 0. The Balaban J connectivity index is 1.58. The quantitative estimate of drug-likeness (QED) is 0.786. The highest BCUT2D eigenvalue weighted by Crippen LogP contribution is 2.24. The van der Waals surface area contributed by atoms with E-state index in [-0.39, 0.29) is 5.91 Å². The largest absolute Gasteiger partial charge is 0.307 e. The van der Waals surface area contributed by atoms with E-state index < -0.39 is 0 Å². The fourth-order valence-electron chi connectivity index (χ4n) is 3.29. The van der Waals surface area contributed by atoms with Crippen LogP contribution in [0.25, 0.3) is 0 Å². The van der Waals surface area contributed by atoms with Gasteiger partial charge in [-0.2, -0.15) is 0 Å². The van der Waals surface area contributed by atoms with Crippen LogP contribution in [0.4, 0.5) is 11.4 Å². The second-order valence-corrected chi connectivity index (χ2v) is 6.48. The smallest absolute Gasteiger partial charge is 0.245 e. The fraction of sp³-hybridized carbons (Fsp3) is 0.381. The molecule has 0 unspecified atom stereocenters. The molecule has 2 aromatic rings. The van der Waals surface area contributed by atoms with Gasteiger partial charge in [-0.05, 0) is 50.2 Å². The highest BCUT2D eigenvalue weighted by Gasteiger charge is 2.17. The van der Waals surface area contributed by atoms with E-state index in [2.05, 4.69) is 10.2 Å². The predicted molar refractivity (Wildman–Crippen MR) is 103 cm³/mol. The zero-order chi connectivity index (χ0) is 17.3. The lowest BCUT2D eigenvalue weighted by Crippen LogP contribution is -2.40. The second-order valence-electron chi connectivity index (χ2n) is 6.48. The third-order valence-electron chi connectivity index (χ3n) is 4.61. The van der Waals surface area contributed by atoms with Crippen LogP contribution >= 0.6 is 0 Å². The molecule has 4 nitrogen and oxygen atoms in total. The zero-order valence-corrected chi connectivity index (χ0v) is 14.7. The van der Waals surface area contributed by atoms with E-state index in [4.69, 9.17) is 0 Å². The summed E-state index contributed by atoms with van der Waals surface area (Å²) in [6.07, 6.45) is 3.95. The molecule has 0 spiro atoms. The minimum atomic E-state index is 0.0658. The first kappa shape index (κ1) is 17.6. The molecule has 1 aliphatic rings. The van der Waals surface area contributed by atoms with Crippen LogP contribution in [0.3, 0.4) is 0 Å². The summed E-state index contributed by atoms with van der Waals surface area (Å²) in [4.78, 5) is 17.1. The molecule has 0 atom stereocenters. The van der Waals surface area contributed by atoms with Crippen LogP contribution in [0.1, 0.15) is 19.3 Å². The molecule has 25 heavy (non-hydrogen) atoms. The van der Waals surface area contributed by atoms with Crippen LogP contribution in [0, 0.1) is 0 Å². The van der Waals surface area contributed by atoms with Crippen molar-refractivity contribution in [2.45, 2.75) is 19.3 Å². The van der Waals surface area contributed by atoms with Crippen LogP contribution in [-0.4, -0.2) is 43.5 Å². The molecular formula is C21H27N3O. The summed E-state index contributed by atoms with van der Waals surface area (Å²) in [5, 5.41) is 3.32. The monoisotopic (exact) mass is 337 g/mol. The number of nitrogens with one attached hydrogen (secondary N) is 1. The molecule has 0 bridgehead atoms. The van der Waals surface area contributed by atoms with E-state index in [1.807, 2.05) is 60.7 Å². The Hall–Kier alpha value is -2.17. The standard InChI is InChI=1S/C21H27N3O/c25-21(18-22-14-17-23-15-8-3-9-16-23)24(19-10-4-1-5-11-19)20-12-6-2-7-13-20/h1-2,4-7,10-13,22H,3,8-9,14-18H2. The summed E-state index contributed by atoms with van der Waals surface area (Å²) >= 11 is 0. The fourth-order valence-corrected chi connectivity index (χ4v) is 3.29. The van der Waals surface area contributed by atoms with E-state index in [0.717, 1.165) is 24.5 Å². The van der Waals surface area contributed by atoms with Crippen LogP contribution in [0.5, 0.6) is 0 Å². The van der Waals surface area contributed by atoms with E-state index in [0.29, 0.717) is 6.54 Å². The normalized spacial score (nSPS) is 15.0. The summed E-state index contributed by atoms with van der Waals surface area (Å²) in [5.74, 6) is 0.0658. The maximum Gasteiger partial charge on any atom is 0.245 e. The highest BCUT2D eigenvalue weighted by molar-refractivity contribution is 6.01. The van der Waals surface area contributed by atoms with Gasteiger partial charge >= 0.3 is 0 Å². The third kappa shape index (κ3) is 5.15. The van der Waals surface area contributed by atoms with E-state index in [9.17, 15) is 4.79 Å². The molecule has 4 heteroatoms. The van der Waals surface area contributed by atoms with Gasteiger partial charge in [0.15, 0.2) is 0 Å². The topological polar surface area (TPSA) is 35.6 Å². The van der Waals surface area contributed by atoms with Crippen LogP contribution in [0.2, 0.25) is 0 Å². The molecule has 1 saturated heterocycles. The molecule has 0 aliphatic carbocycles. The Morgan fingerprint density at radius 2 is 1.44 bits per heavy atom. The van der Waals surface area contributed by atoms with Crippen molar-refractivity contribution < 1.29 is 4.79 Å². The van der Waals surface area contributed by atoms with Crippen LogP contribution in [0.15, 0.2) is 60.7 Å². The van der Waals surface area contributed by atoms with Crippen molar-refractivity contribution in [3.05, 3.63) is 60.7 Å². The Labute approximate surface area is 150 Å². The minimum absolute atomic E-state index is 0.0658. The van der Waals surface area contributed by atoms with Gasteiger partial charge in [-0.3, -0.25) is 9.69 Å². The lowest BCUT2D eigenvalue weighted by atomic mass is 10.1. The summed E-state index contributed by atoms with van der Waals surface area (Å²) in [6, 6.07) is 19.7. The number of amides is 1. The lowest BCUT2D eigenvalue weighted by Gasteiger charge is -2.27. The number of para-hydroxylation sites is 2. The molecule has 1 heterocycles. The van der Waals surface area contributed by atoms with Gasteiger partial charge in [-0.15, -0.1) is 0 Å². The summed E-state index contributed by atoms with van der Waals surface area (Å²) in [6.45, 7) is 4.59. The van der Waals surface area contributed by atoms with Gasteiger partial charge in [-0.25, -0.2) is 0 Å². The van der Waals surface area contributed by atoms with Gasteiger partial charge in [0.25, 0.3) is 0 Å². The van der Waals surface area contributed by atoms with E-state index in [1.54, 1.807) is 4.90 Å². The predicted octanol–water partition coefficient (Wildman–Crippen LogP) is 3.43. The van der Waals surface area contributed by atoms with Gasteiger partial charge in [0, 0.05) is 24.5 Å². The Morgan fingerprint density at radius 1 is 0.880 bits per heavy atom. The van der Waals surface area contributed by atoms with Crippen molar-refractivity contribution in [3.8, 4) is 0 Å². The van der Waals surface area contributed by atoms with Crippen molar-refractivity contribution in [2.24, 2.45) is 0 Å². The number of carbonyl (C=O) groups excluding carboxylic acids is 1. The first-order valence-electron chi connectivity index (χ1n) is 9.21. The number of hydrogen-bond donors (Lipinski definition) is 1. The number of carbonyl (C=O) groups is 1. The SMILES string of the molecule is O=C(CNCCN1CCCCC1)N(c1ccccc1)c1ccccc1. The van der Waals surface area contributed by atoms with Crippen molar-refractivity contribution in [1.82, 2.24) is 10.2 Å². The second kappa shape index (κ2) is 9.35.